The number of hydrogen-bond acceptors (Lipinski definition) is 3. The third kappa shape index (κ3) is 4.27. The zero-order valence-electron chi connectivity index (χ0n) is 13.1. The Kier molecular flexibility index (Phi) is 5.14. The molecule has 1 aliphatic heterocycles. The molecule has 1 unspecified atom stereocenters. The van der Waals surface area contributed by atoms with Gasteiger partial charge in [0.25, 0.3) is 0 Å². The molecule has 0 radical (unpaired) electrons. The van der Waals surface area contributed by atoms with Gasteiger partial charge in [-0.3, -0.25) is 4.99 Å². The minimum absolute atomic E-state index is 0.249. The third-order valence-corrected chi connectivity index (χ3v) is 4.57. The van der Waals surface area contributed by atoms with Crippen LogP contribution in [-0.4, -0.2) is 17.0 Å². The maximum absolute atomic E-state index is 4.88. The summed E-state index contributed by atoms with van der Waals surface area (Å²) in [6.45, 7) is 9.03. The summed E-state index contributed by atoms with van der Waals surface area (Å²) >= 11 is 1.83. The molecule has 2 nitrogen and oxygen atoms in total. The molecule has 1 N–H and O–H groups in total. The van der Waals surface area contributed by atoms with E-state index in [0.29, 0.717) is 6.04 Å². The Morgan fingerprint density at radius 1 is 1.25 bits per heavy atom. The molecule has 0 aliphatic carbocycles. The summed E-state index contributed by atoms with van der Waals surface area (Å²) in [5.41, 5.74) is 2.80. The van der Waals surface area contributed by atoms with E-state index in [1.807, 2.05) is 11.8 Å². The second-order valence-corrected chi connectivity index (χ2v) is 7.61. The topological polar surface area (TPSA) is 24.4 Å². The van der Waals surface area contributed by atoms with Crippen LogP contribution in [0.4, 0.5) is 5.69 Å². The molecular weight excluding hydrogens is 264 g/mol. The van der Waals surface area contributed by atoms with Crippen molar-refractivity contribution in [2.24, 2.45) is 10.4 Å². The van der Waals surface area contributed by atoms with Gasteiger partial charge in [-0.1, -0.05) is 58.0 Å². The van der Waals surface area contributed by atoms with Crippen molar-refractivity contribution in [3.8, 4) is 0 Å². The predicted molar refractivity (Wildman–Crippen MR) is 91.8 cm³/mol. The number of anilines is 1. The fourth-order valence-corrected chi connectivity index (χ4v) is 3.30. The van der Waals surface area contributed by atoms with Gasteiger partial charge >= 0.3 is 0 Å². The first-order valence-corrected chi connectivity index (χ1v) is 8.54. The lowest BCUT2D eigenvalue weighted by Crippen LogP contribution is -2.30. The first-order chi connectivity index (χ1) is 9.49. The molecule has 1 aromatic carbocycles. The van der Waals surface area contributed by atoms with Gasteiger partial charge in [0.05, 0.1) is 6.04 Å². The molecule has 2 rings (SSSR count). The quantitative estimate of drug-likeness (QED) is 0.851. The van der Waals surface area contributed by atoms with Crippen molar-refractivity contribution in [1.82, 2.24) is 0 Å². The Balaban J connectivity index is 2.03. The van der Waals surface area contributed by atoms with Crippen molar-refractivity contribution in [1.29, 1.82) is 0 Å². The van der Waals surface area contributed by atoms with Crippen LogP contribution in [0.5, 0.6) is 0 Å². The largest absolute Gasteiger partial charge is 0.335 e. The molecule has 1 heterocycles. The average Bonchev–Trinajstić information content (AvgIpc) is 2.41. The molecule has 1 atom stereocenters. The predicted octanol–water partition coefficient (Wildman–Crippen LogP) is 4.96. The zero-order chi connectivity index (χ0) is 14.6. The zero-order valence-corrected chi connectivity index (χ0v) is 13.9. The Morgan fingerprint density at radius 2 is 1.95 bits per heavy atom. The van der Waals surface area contributed by atoms with Crippen molar-refractivity contribution in [3.05, 3.63) is 29.8 Å². The van der Waals surface area contributed by atoms with Crippen molar-refractivity contribution in [2.75, 3.05) is 11.1 Å². The number of rotatable bonds is 3. The molecule has 110 valence electrons. The van der Waals surface area contributed by atoms with Crippen LogP contribution in [0.15, 0.2) is 29.3 Å². The summed E-state index contributed by atoms with van der Waals surface area (Å²) in [5, 5.41) is 4.53. The van der Waals surface area contributed by atoms with E-state index in [1.54, 1.807) is 0 Å². The van der Waals surface area contributed by atoms with Crippen molar-refractivity contribution < 1.29 is 0 Å². The van der Waals surface area contributed by atoms with Gasteiger partial charge in [-0.15, -0.1) is 0 Å². The molecule has 0 spiro atoms. The number of amidine groups is 1. The van der Waals surface area contributed by atoms with E-state index in [0.717, 1.165) is 23.0 Å². The van der Waals surface area contributed by atoms with E-state index in [4.69, 9.17) is 4.99 Å². The normalized spacial score (nSPS) is 19.6. The van der Waals surface area contributed by atoms with Crippen molar-refractivity contribution in [3.63, 3.8) is 0 Å². The summed E-state index contributed by atoms with van der Waals surface area (Å²) in [4.78, 5) is 4.88. The lowest BCUT2D eigenvalue weighted by molar-refractivity contribution is 0.316. The lowest BCUT2D eigenvalue weighted by Gasteiger charge is -2.31. The summed E-state index contributed by atoms with van der Waals surface area (Å²) in [6.07, 6.45) is 3.53. The van der Waals surface area contributed by atoms with Gasteiger partial charge in [0, 0.05) is 11.4 Å². The number of nitrogens with zero attached hydrogens (tertiary/aromatic N) is 1. The third-order valence-electron chi connectivity index (χ3n) is 3.65. The van der Waals surface area contributed by atoms with Crippen LogP contribution in [0.25, 0.3) is 0 Å². The van der Waals surface area contributed by atoms with E-state index in [2.05, 4.69) is 57.3 Å². The van der Waals surface area contributed by atoms with E-state index in [-0.39, 0.29) is 5.41 Å². The Labute approximate surface area is 127 Å². The number of thioether (sulfide) groups is 1. The van der Waals surface area contributed by atoms with Gasteiger partial charge < -0.3 is 5.32 Å². The first-order valence-electron chi connectivity index (χ1n) is 7.55. The number of nitrogens with one attached hydrogen (secondary N) is 1. The van der Waals surface area contributed by atoms with Crippen LogP contribution in [-0.2, 0) is 6.42 Å². The summed E-state index contributed by atoms with van der Waals surface area (Å²) in [7, 11) is 0. The van der Waals surface area contributed by atoms with E-state index < -0.39 is 0 Å². The Bertz CT molecular complexity index is 457. The molecule has 0 saturated carbocycles. The molecule has 3 heteroatoms. The highest BCUT2D eigenvalue weighted by Crippen LogP contribution is 2.31. The van der Waals surface area contributed by atoms with Gasteiger partial charge in [-0.05, 0) is 36.0 Å². The van der Waals surface area contributed by atoms with Gasteiger partial charge in [0.1, 0.15) is 0 Å². The second-order valence-electron chi connectivity index (χ2n) is 6.53. The minimum Gasteiger partial charge on any atom is -0.335 e. The maximum atomic E-state index is 4.88. The van der Waals surface area contributed by atoms with Gasteiger partial charge in [-0.25, -0.2) is 0 Å². The fraction of sp³-hybridized carbons (Fsp3) is 0.588. The first kappa shape index (κ1) is 15.4. The van der Waals surface area contributed by atoms with Crippen molar-refractivity contribution in [2.45, 2.75) is 53.0 Å². The average molecular weight is 290 g/mol. The number of aliphatic imine (C=N–C) groups is 1. The van der Waals surface area contributed by atoms with Crippen LogP contribution in [0.3, 0.4) is 0 Å². The minimum atomic E-state index is 0.249. The standard InChI is InChI=1S/C17H26N2S/c1-5-6-13-7-9-14(10-8-13)18-16-19-15(11-12-20-16)17(2,3)4/h7-10,15H,5-6,11-12H2,1-4H3,(H,18,19). The fourth-order valence-electron chi connectivity index (χ4n) is 2.37. The van der Waals surface area contributed by atoms with Crippen molar-refractivity contribution >= 4 is 22.6 Å². The molecular formula is C17H26N2S. The van der Waals surface area contributed by atoms with Crippen LogP contribution >= 0.6 is 11.8 Å². The smallest absolute Gasteiger partial charge is 0.161 e. The summed E-state index contributed by atoms with van der Waals surface area (Å²) in [6, 6.07) is 9.16. The molecule has 0 aromatic heterocycles. The van der Waals surface area contributed by atoms with Crippen LogP contribution in [0.1, 0.15) is 46.1 Å². The van der Waals surface area contributed by atoms with Gasteiger partial charge in [0.15, 0.2) is 5.17 Å². The van der Waals surface area contributed by atoms with Crippen LogP contribution < -0.4 is 5.32 Å². The SMILES string of the molecule is CCCc1ccc(NC2=NC(C(C)(C)C)CCS2)cc1. The molecule has 20 heavy (non-hydrogen) atoms. The highest BCUT2D eigenvalue weighted by atomic mass is 32.2. The van der Waals surface area contributed by atoms with Gasteiger partial charge in [-0.2, -0.15) is 0 Å². The summed E-state index contributed by atoms with van der Waals surface area (Å²) in [5.74, 6) is 1.15. The van der Waals surface area contributed by atoms with E-state index in [1.165, 1.54) is 18.4 Å². The number of benzene rings is 1. The van der Waals surface area contributed by atoms with Gasteiger partial charge in [0.2, 0.25) is 0 Å². The van der Waals surface area contributed by atoms with E-state index >= 15 is 0 Å². The maximum Gasteiger partial charge on any atom is 0.161 e. The molecule has 0 amide bonds. The highest BCUT2D eigenvalue weighted by Gasteiger charge is 2.27. The number of hydrogen-bond donors (Lipinski definition) is 1. The molecule has 0 saturated heterocycles. The monoisotopic (exact) mass is 290 g/mol. The highest BCUT2D eigenvalue weighted by molar-refractivity contribution is 8.14. The Hall–Kier alpha value is -0.960. The molecule has 1 aromatic rings. The lowest BCUT2D eigenvalue weighted by atomic mass is 9.85. The molecule has 0 fully saturated rings. The number of aryl methyl sites for hydroxylation is 1. The molecule has 1 aliphatic rings. The van der Waals surface area contributed by atoms with E-state index in [9.17, 15) is 0 Å². The van der Waals surface area contributed by atoms with Crippen LogP contribution in [0, 0.1) is 5.41 Å². The molecule has 0 bridgehead atoms. The summed E-state index contributed by atoms with van der Waals surface area (Å²) < 4.78 is 0. The van der Waals surface area contributed by atoms with Crippen LogP contribution in [0.2, 0.25) is 0 Å². The Morgan fingerprint density at radius 3 is 2.55 bits per heavy atom. The second kappa shape index (κ2) is 6.66.